The third kappa shape index (κ3) is 4.31. The molecule has 112 valence electrons. The predicted octanol–water partition coefficient (Wildman–Crippen LogP) is 4.90. The topological polar surface area (TPSA) is 35.2 Å². The van der Waals surface area contributed by atoms with E-state index in [1.54, 1.807) is 0 Å². The van der Waals surface area contributed by atoms with Crippen molar-refractivity contribution in [3.05, 3.63) is 70.7 Å². The van der Waals surface area contributed by atoms with Gasteiger partial charge in [-0.05, 0) is 36.6 Å². The summed E-state index contributed by atoms with van der Waals surface area (Å²) in [6.07, 6.45) is 0.710. The number of hydrogen-bond donors (Lipinski definition) is 1. The lowest BCUT2D eigenvalue weighted by Crippen LogP contribution is -2.30. The Balaban J connectivity index is 2.19. The van der Waals surface area contributed by atoms with E-state index in [0.29, 0.717) is 0 Å². The van der Waals surface area contributed by atoms with Crippen LogP contribution in [0.2, 0.25) is 5.02 Å². The fourth-order valence-electron chi connectivity index (χ4n) is 2.32. The van der Waals surface area contributed by atoms with Gasteiger partial charge in [-0.3, -0.25) is 0 Å². The third-order valence-electron chi connectivity index (χ3n) is 3.68. The van der Waals surface area contributed by atoms with Crippen LogP contribution in [0.3, 0.4) is 0 Å². The molecule has 2 aromatic rings. The minimum absolute atomic E-state index is 0.00974. The van der Waals surface area contributed by atoms with Gasteiger partial charge in [0.1, 0.15) is 0 Å². The van der Waals surface area contributed by atoms with E-state index in [4.69, 9.17) is 22.1 Å². The zero-order chi connectivity index (χ0) is 15.2. The summed E-state index contributed by atoms with van der Waals surface area (Å²) in [4.78, 5) is 0. The maximum Gasteiger partial charge on any atom is 0.0983 e. The molecule has 3 unspecified atom stereocenters. The van der Waals surface area contributed by atoms with Crippen molar-refractivity contribution < 1.29 is 4.74 Å². The minimum atomic E-state index is -0.137. The summed E-state index contributed by atoms with van der Waals surface area (Å²) < 4.78 is 6.25. The van der Waals surface area contributed by atoms with E-state index in [2.05, 4.69) is 26.0 Å². The smallest absolute Gasteiger partial charge is 0.0983 e. The number of hydrogen-bond acceptors (Lipinski definition) is 2. The van der Waals surface area contributed by atoms with Crippen LogP contribution in [0, 0.1) is 0 Å². The van der Waals surface area contributed by atoms with Gasteiger partial charge in [-0.2, -0.15) is 0 Å². The molecule has 0 aliphatic heterocycles. The van der Waals surface area contributed by atoms with Crippen LogP contribution in [0.25, 0.3) is 0 Å². The molecule has 0 bridgehead atoms. The van der Waals surface area contributed by atoms with Gasteiger partial charge in [0, 0.05) is 11.1 Å². The zero-order valence-corrected chi connectivity index (χ0v) is 13.3. The molecule has 21 heavy (non-hydrogen) atoms. The SMILES string of the molecule is CCC(N)C(OC(C)c1ccccc1)c1ccc(Cl)cc1. The van der Waals surface area contributed by atoms with Crippen LogP contribution in [0.5, 0.6) is 0 Å². The first-order chi connectivity index (χ1) is 10.1. The number of rotatable bonds is 6. The lowest BCUT2D eigenvalue weighted by Gasteiger charge is -2.27. The summed E-state index contributed by atoms with van der Waals surface area (Å²) in [7, 11) is 0. The Bertz CT molecular complexity index is 541. The molecule has 0 aliphatic carbocycles. The summed E-state index contributed by atoms with van der Waals surface area (Å²) in [6.45, 7) is 4.13. The maximum atomic E-state index is 6.26. The van der Waals surface area contributed by atoms with Crippen LogP contribution in [0.15, 0.2) is 54.6 Å². The number of halogens is 1. The first-order valence-corrected chi connectivity index (χ1v) is 7.71. The zero-order valence-electron chi connectivity index (χ0n) is 12.5. The summed E-state index contributed by atoms with van der Waals surface area (Å²) in [5, 5.41) is 0.721. The average Bonchev–Trinajstić information content (AvgIpc) is 2.53. The van der Waals surface area contributed by atoms with Gasteiger partial charge in [-0.1, -0.05) is 61.0 Å². The molecule has 3 atom stereocenters. The molecule has 0 heterocycles. The molecule has 0 saturated carbocycles. The summed E-state index contributed by atoms with van der Waals surface area (Å²) in [5.41, 5.74) is 8.47. The Hall–Kier alpha value is -1.35. The Labute approximate surface area is 131 Å². The van der Waals surface area contributed by atoms with Crippen LogP contribution in [0.1, 0.15) is 43.6 Å². The second-order valence-corrected chi connectivity index (χ2v) is 5.67. The third-order valence-corrected chi connectivity index (χ3v) is 3.93. The van der Waals surface area contributed by atoms with Crippen molar-refractivity contribution in [3.8, 4) is 0 Å². The van der Waals surface area contributed by atoms with Crippen LogP contribution in [-0.4, -0.2) is 6.04 Å². The van der Waals surface area contributed by atoms with Crippen molar-refractivity contribution in [2.75, 3.05) is 0 Å². The van der Waals surface area contributed by atoms with Crippen LogP contribution < -0.4 is 5.73 Å². The Morgan fingerprint density at radius 2 is 1.62 bits per heavy atom. The molecule has 2 aromatic carbocycles. The molecule has 0 spiro atoms. The number of nitrogens with two attached hydrogens (primary N) is 1. The van der Waals surface area contributed by atoms with Gasteiger partial charge >= 0.3 is 0 Å². The molecule has 0 fully saturated rings. The monoisotopic (exact) mass is 303 g/mol. The van der Waals surface area contributed by atoms with E-state index in [1.165, 1.54) is 0 Å². The fraction of sp³-hybridized carbons (Fsp3) is 0.333. The van der Waals surface area contributed by atoms with Gasteiger partial charge in [-0.25, -0.2) is 0 Å². The van der Waals surface area contributed by atoms with Gasteiger partial charge in [0.2, 0.25) is 0 Å². The summed E-state index contributed by atoms with van der Waals surface area (Å²) in [5.74, 6) is 0. The minimum Gasteiger partial charge on any atom is -0.364 e. The number of ether oxygens (including phenoxy) is 1. The van der Waals surface area contributed by atoms with E-state index in [9.17, 15) is 0 Å². The Morgan fingerprint density at radius 3 is 2.19 bits per heavy atom. The molecular formula is C18H22ClNO. The average molecular weight is 304 g/mol. The van der Waals surface area contributed by atoms with E-state index in [-0.39, 0.29) is 18.2 Å². The second-order valence-electron chi connectivity index (χ2n) is 5.23. The van der Waals surface area contributed by atoms with Crippen molar-refractivity contribution in [3.63, 3.8) is 0 Å². The first kappa shape index (κ1) is 16.0. The first-order valence-electron chi connectivity index (χ1n) is 7.33. The van der Waals surface area contributed by atoms with E-state index in [1.807, 2.05) is 42.5 Å². The van der Waals surface area contributed by atoms with E-state index < -0.39 is 0 Å². The summed E-state index contributed by atoms with van der Waals surface area (Å²) in [6, 6.07) is 17.9. The second kappa shape index (κ2) is 7.60. The highest BCUT2D eigenvalue weighted by atomic mass is 35.5. The van der Waals surface area contributed by atoms with Crippen LogP contribution in [-0.2, 0) is 4.74 Å². The number of benzene rings is 2. The quantitative estimate of drug-likeness (QED) is 0.824. The van der Waals surface area contributed by atoms with Crippen molar-refractivity contribution in [2.45, 2.75) is 38.5 Å². The van der Waals surface area contributed by atoms with Gasteiger partial charge in [0.25, 0.3) is 0 Å². The molecule has 0 aliphatic rings. The van der Waals surface area contributed by atoms with Crippen molar-refractivity contribution in [1.82, 2.24) is 0 Å². The standard InChI is InChI=1S/C18H22ClNO/c1-3-17(20)18(15-9-11-16(19)12-10-15)21-13(2)14-7-5-4-6-8-14/h4-13,17-18H,3,20H2,1-2H3. The van der Waals surface area contributed by atoms with Crippen LogP contribution >= 0.6 is 11.6 Å². The molecular weight excluding hydrogens is 282 g/mol. The van der Waals surface area contributed by atoms with E-state index >= 15 is 0 Å². The van der Waals surface area contributed by atoms with Crippen molar-refractivity contribution in [1.29, 1.82) is 0 Å². The summed E-state index contributed by atoms with van der Waals surface area (Å²) >= 11 is 5.96. The molecule has 3 heteroatoms. The lowest BCUT2D eigenvalue weighted by atomic mass is 10.00. The molecule has 0 aromatic heterocycles. The molecule has 0 amide bonds. The van der Waals surface area contributed by atoms with Crippen LogP contribution in [0.4, 0.5) is 0 Å². The Morgan fingerprint density at radius 1 is 1.00 bits per heavy atom. The molecule has 0 saturated heterocycles. The van der Waals surface area contributed by atoms with Crippen molar-refractivity contribution in [2.24, 2.45) is 5.73 Å². The highest BCUT2D eigenvalue weighted by Crippen LogP contribution is 2.30. The van der Waals surface area contributed by atoms with Gasteiger partial charge in [-0.15, -0.1) is 0 Å². The normalized spacial score (nSPS) is 15.4. The largest absolute Gasteiger partial charge is 0.364 e. The lowest BCUT2D eigenvalue weighted by molar-refractivity contribution is -0.0199. The Kier molecular flexibility index (Phi) is 5.80. The highest BCUT2D eigenvalue weighted by molar-refractivity contribution is 6.30. The molecule has 2 N–H and O–H groups in total. The van der Waals surface area contributed by atoms with Gasteiger partial charge < -0.3 is 10.5 Å². The molecule has 2 nitrogen and oxygen atoms in total. The molecule has 2 rings (SSSR count). The maximum absolute atomic E-state index is 6.26. The van der Waals surface area contributed by atoms with E-state index in [0.717, 1.165) is 22.6 Å². The molecule has 0 radical (unpaired) electrons. The highest BCUT2D eigenvalue weighted by Gasteiger charge is 2.22. The fourth-order valence-corrected chi connectivity index (χ4v) is 2.44. The van der Waals surface area contributed by atoms with Gasteiger partial charge in [0.15, 0.2) is 0 Å². The van der Waals surface area contributed by atoms with Crippen molar-refractivity contribution >= 4 is 11.6 Å². The predicted molar refractivity (Wildman–Crippen MR) is 88.4 cm³/mol. The van der Waals surface area contributed by atoms with Gasteiger partial charge in [0.05, 0.1) is 12.2 Å².